The maximum atomic E-state index is 12.0. The second-order valence-electron chi connectivity index (χ2n) is 6.24. The molecular weight excluding hydrogens is 434 g/mol. The van der Waals surface area contributed by atoms with Gasteiger partial charge >= 0.3 is 0 Å². The Kier molecular flexibility index (Phi) is 6.97. The number of nitrogens with zero attached hydrogens (tertiary/aromatic N) is 2. The molecule has 7 heteroatoms. The molecule has 1 aromatic heterocycles. The van der Waals surface area contributed by atoms with E-state index >= 15 is 0 Å². The highest BCUT2D eigenvalue weighted by molar-refractivity contribution is 9.10. The van der Waals surface area contributed by atoms with E-state index in [4.69, 9.17) is 9.47 Å². The summed E-state index contributed by atoms with van der Waals surface area (Å²) in [5.74, 6) is 0.840. The molecule has 0 spiro atoms. The number of nitrogens with one attached hydrogen (secondary N) is 1. The van der Waals surface area contributed by atoms with Gasteiger partial charge in [0, 0.05) is 22.4 Å². The molecule has 29 heavy (non-hydrogen) atoms. The van der Waals surface area contributed by atoms with Gasteiger partial charge in [-0.25, -0.2) is 5.43 Å². The third kappa shape index (κ3) is 5.65. The fourth-order valence-corrected chi connectivity index (χ4v) is 2.91. The van der Waals surface area contributed by atoms with Gasteiger partial charge in [-0.1, -0.05) is 29.8 Å². The Morgan fingerprint density at radius 1 is 1.21 bits per heavy atom. The van der Waals surface area contributed by atoms with Crippen LogP contribution in [-0.2, 0) is 6.61 Å². The molecule has 148 valence electrons. The molecule has 3 aromatic rings. The van der Waals surface area contributed by atoms with Crippen LogP contribution in [-0.4, -0.2) is 24.2 Å². The van der Waals surface area contributed by atoms with Gasteiger partial charge in [0.2, 0.25) is 0 Å². The van der Waals surface area contributed by atoms with Crippen LogP contribution in [0.1, 0.15) is 27.0 Å². The lowest BCUT2D eigenvalue weighted by molar-refractivity contribution is 0.0955. The minimum Gasteiger partial charge on any atom is -0.493 e. The van der Waals surface area contributed by atoms with Crippen LogP contribution in [0.4, 0.5) is 0 Å². The Morgan fingerprint density at radius 2 is 2.00 bits per heavy atom. The first-order chi connectivity index (χ1) is 14.1. The first kappa shape index (κ1) is 20.5. The van der Waals surface area contributed by atoms with Gasteiger partial charge in [0.05, 0.1) is 18.9 Å². The number of rotatable bonds is 7. The number of hydrogen-bond donors (Lipinski definition) is 1. The second kappa shape index (κ2) is 9.84. The molecule has 6 nitrogen and oxygen atoms in total. The highest BCUT2D eigenvalue weighted by atomic mass is 79.9. The predicted molar refractivity (Wildman–Crippen MR) is 116 cm³/mol. The summed E-state index contributed by atoms with van der Waals surface area (Å²) in [5.41, 5.74) is 5.91. The summed E-state index contributed by atoms with van der Waals surface area (Å²) >= 11 is 3.51. The lowest BCUT2D eigenvalue weighted by Crippen LogP contribution is -2.17. The molecule has 0 fully saturated rings. The van der Waals surface area contributed by atoms with Gasteiger partial charge in [-0.05, 0) is 52.7 Å². The van der Waals surface area contributed by atoms with Crippen molar-refractivity contribution in [2.75, 3.05) is 7.11 Å². The van der Waals surface area contributed by atoms with Crippen molar-refractivity contribution in [3.63, 3.8) is 0 Å². The molecule has 0 radical (unpaired) electrons. The summed E-state index contributed by atoms with van der Waals surface area (Å²) in [4.78, 5) is 15.9. The van der Waals surface area contributed by atoms with E-state index in [-0.39, 0.29) is 5.91 Å². The SMILES string of the molecule is COc1cc(/C=N\NC(=O)c2cccnc2)c(Br)cc1OCc1ccc(C)cc1. The van der Waals surface area contributed by atoms with Crippen LogP contribution in [0.2, 0.25) is 0 Å². The van der Waals surface area contributed by atoms with Crippen molar-refractivity contribution in [3.05, 3.63) is 87.7 Å². The minimum absolute atomic E-state index is 0.338. The van der Waals surface area contributed by atoms with Crippen molar-refractivity contribution in [1.82, 2.24) is 10.4 Å². The molecule has 2 aromatic carbocycles. The average Bonchev–Trinajstić information content (AvgIpc) is 2.75. The Hall–Kier alpha value is -3.19. The predicted octanol–water partition coefficient (Wildman–Crippen LogP) is 4.50. The first-order valence-corrected chi connectivity index (χ1v) is 9.65. The van der Waals surface area contributed by atoms with E-state index in [0.717, 1.165) is 15.6 Å². The zero-order chi connectivity index (χ0) is 20.6. The fourth-order valence-electron chi connectivity index (χ4n) is 2.49. The third-order valence-corrected chi connectivity index (χ3v) is 4.78. The highest BCUT2D eigenvalue weighted by Crippen LogP contribution is 2.33. The average molecular weight is 454 g/mol. The molecule has 0 aliphatic carbocycles. The van der Waals surface area contributed by atoms with Gasteiger partial charge in [-0.2, -0.15) is 5.10 Å². The largest absolute Gasteiger partial charge is 0.493 e. The van der Waals surface area contributed by atoms with Gasteiger partial charge in [-0.15, -0.1) is 0 Å². The fraction of sp³-hybridized carbons (Fsp3) is 0.136. The normalized spacial score (nSPS) is 10.7. The number of benzene rings is 2. The maximum absolute atomic E-state index is 12.0. The highest BCUT2D eigenvalue weighted by Gasteiger charge is 2.10. The van der Waals surface area contributed by atoms with Gasteiger partial charge in [0.15, 0.2) is 11.5 Å². The molecule has 1 heterocycles. The van der Waals surface area contributed by atoms with Crippen LogP contribution in [0.15, 0.2) is 70.5 Å². The number of carbonyl (C=O) groups is 1. The van der Waals surface area contributed by atoms with Crippen molar-refractivity contribution < 1.29 is 14.3 Å². The van der Waals surface area contributed by atoms with E-state index in [1.807, 2.05) is 37.3 Å². The quantitative estimate of drug-likeness (QED) is 0.422. The monoisotopic (exact) mass is 453 g/mol. The number of carbonyl (C=O) groups excluding carboxylic acids is 1. The van der Waals surface area contributed by atoms with E-state index in [0.29, 0.717) is 23.7 Å². The summed E-state index contributed by atoms with van der Waals surface area (Å²) in [6.45, 7) is 2.47. The number of pyridine rings is 1. The summed E-state index contributed by atoms with van der Waals surface area (Å²) in [5, 5.41) is 4.01. The Morgan fingerprint density at radius 3 is 2.69 bits per heavy atom. The molecule has 0 unspecified atom stereocenters. The number of hydrogen-bond acceptors (Lipinski definition) is 5. The molecule has 3 rings (SSSR count). The molecule has 1 N–H and O–H groups in total. The summed E-state index contributed by atoms with van der Waals surface area (Å²) < 4.78 is 12.1. The topological polar surface area (TPSA) is 72.8 Å². The Balaban J connectivity index is 1.68. The number of amides is 1. The summed E-state index contributed by atoms with van der Waals surface area (Å²) in [6.07, 6.45) is 4.61. The van der Waals surface area contributed by atoms with E-state index < -0.39 is 0 Å². The standard InChI is InChI=1S/C22H20BrN3O3/c1-15-5-7-16(8-6-15)14-29-21-11-19(23)18(10-20(21)28-2)13-25-26-22(27)17-4-3-9-24-12-17/h3-13H,14H2,1-2H3,(H,26,27)/b25-13-. The van der Waals surface area contributed by atoms with Crippen LogP contribution >= 0.6 is 15.9 Å². The van der Waals surface area contributed by atoms with Gasteiger partial charge < -0.3 is 9.47 Å². The van der Waals surface area contributed by atoms with Crippen LogP contribution < -0.4 is 14.9 Å². The number of methoxy groups -OCH3 is 1. The van der Waals surface area contributed by atoms with Crippen molar-refractivity contribution in [3.8, 4) is 11.5 Å². The minimum atomic E-state index is -0.338. The number of hydrazone groups is 1. The van der Waals surface area contributed by atoms with Crippen molar-refractivity contribution in [2.24, 2.45) is 5.10 Å². The van der Waals surface area contributed by atoms with Crippen molar-refractivity contribution in [2.45, 2.75) is 13.5 Å². The van der Waals surface area contributed by atoms with Crippen molar-refractivity contribution >= 4 is 28.1 Å². The van der Waals surface area contributed by atoms with Crippen LogP contribution in [0, 0.1) is 6.92 Å². The molecule has 0 aliphatic rings. The van der Waals surface area contributed by atoms with E-state index in [2.05, 4.69) is 31.4 Å². The molecule has 0 atom stereocenters. The lowest BCUT2D eigenvalue weighted by Gasteiger charge is -2.13. The summed E-state index contributed by atoms with van der Waals surface area (Å²) in [6, 6.07) is 15.1. The number of aromatic nitrogens is 1. The second-order valence-corrected chi connectivity index (χ2v) is 7.09. The zero-order valence-corrected chi connectivity index (χ0v) is 17.6. The van der Waals surface area contributed by atoms with Crippen LogP contribution in [0.5, 0.6) is 11.5 Å². The molecule has 1 amide bonds. The zero-order valence-electron chi connectivity index (χ0n) is 16.1. The first-order valence-electron chi connectivity index (χ1n) is 8.86. The van der Waals surface area contributed by atoms with Gasteiger partial charge in [-0.3, -0.25) is 9.78 Å². The third-order valence-electron chi connectivity index (χ3n) is 4.09. The number of aryl methyl sites for hydroxylation is 1. The molecule has 0 aliphatic heterocycles. The van der Waals surface area contributed by atoms with Gasteiger partial charge in [0.1, 0.15) is 6.61 Å². The van der Waals surface area contributed by atoms with Crippen LogP contribution in [0.3, 0.4) is 0 Å². The van der Waals surface area contributed by atoms with Crippen LogP contribution in [0.25, 0.3) is 0 Å². The van der Waals surface area contributed by atoms with E-state index in [1.165, 1.54) is 18.0 Å². The van der Waals surface area contributed by atoms with Crippen molar-refractivity contribution in [1.29, 1.82) is 0 Å². The van der Waals surface area contributed by atoms with E-state index in [1.54, 1.807) is 31.5 Å². The Labute approximate surface area is 177 Å². The maximum Gasteiger partial charge on any atom is 0.272 e. The van der Waals surface area contributed by atoms with E-state index in [9.17, 15) is 4.79 Å². The number of ether oxygens (including phenoxy) is 2. The lowest BCUT2D eigenvalue weighted by atomic mass is 10.2. The number of halogens is 1. The summed E-state index contributed by atoms with van der Waals surface area (Å²) in [7, 11) is 1.58. The molecule has 0 saturated carbocycles. The molecule has 0 bridgehead atoms. The Bertz CT molecular complexity index is 1010. The molecular formula is C22H20BrN3O3. The molecule has 0 saturated heterocycles. The van der Waals surface area contributed by atoms with Gasteiger partial charge in [0.25, 0.3) is 5.91 Å². The smallest absolute Gasteiger partial charge is 0.272 e.